The standard InChI is InChI=1S/C24H30NO2/c1-24(18-10-6-4-7-11-18,19-12-8-5-9-13-19)23(26)27-22-16-20-14-15-21(17-22)25(20,2)3/h4-13,20-22H,14-17H2,1-3H3/q+1/t20-,21?,22?/m1/s1. The van der Waals surface area contributed by atoms with Gasteiger partial charge in [-0.2, -0.15) is 0 Å². The second kappa shape index (κ2) is 6.79. The van der Waals surface area contributed by atoms with Crippen molar-refractivity contribution in [2.75, 3.05) is 14.1 Å². The van der Waals surface area contributed by atoms with Crippen LogP contribution in [0.1, 0.15) is 43.7 Å². The molecule has 0 saturated carbocycles. The first kappa shape index (κ1) is 18.2. The Morgan fingerprint density at radius 3 is 1.78 bits per heavy atom. The number of hydrogen-bond donors (Lipinski definition) is 0. The third kappa shape index (κ3) is 3.08. The normalized spacial score (nSPS) is 26.6. The van der Waals surface area contributed by atoms with Crippen LogP contribution in [0.4, 0.5) is 0 Å². The van der Waals surface area contributed by atoms with Crippen molar-refractivity contribution in [2.24, 2.45) is 0 Å². The van der Waals surface area contributed by atoms with Crippen LogP contribution >= 0.6 is 0 Å². The number of quaternary nitrogens is 1. The van der Waals surface area contributed by atoms with Gasteiger partial charge in [-0.15, -0.1) is 0 Å². The number of piperidine rings is 1. The molecule has 142 valence electrons. The van der Waals surface area contributed by atoms with E-state index in [9.17, 15) is 4.79 Å². The molecule has 2 heterocycles. The summed E-state index contributed by atoms with van der Waals surface area (Å²) in [7, 11) is 4.66. The average Bonchev–Trinajstić information content (AvgIpc) is 2.86. The van der Waals surface area contributed by atoms with Crippen LogP contribution in [-0.4, -0.2) is 42.7 Å². The number of benzene rings is 2. The van der Waals surface area contributed by atoms with Crippen molar-refractivity contribution in [3.8, 4) is 0 Å². The molecule has 3 heteroatoms. The van der Waals surface area contributed by atoms with Crippen LogP contribution in [-0.2, 0) is 14.9 Å². The predicted molar refractivity (Wildman–Crippen MR) is 107 cm³/mol. The maximum absolute atomic E-state index is 13.5. The van der Waals surface area contributed by atoms with Crippen molar-refractivity contribution in [3.63, 3.8) is 0 Å². The highest BCUT2D eigenvalue weighted by Crippen LogP contribution is 2.42. The van der Waals surface area contributed by atoms with Crippen molar-refractivity contribution in [2.45, 2.75) is 56.2 Å². The van der Waals surface area contributed by atoms with Crippen molar-refractivity contribution in [3.05, 3.63) is 71.8 Å². The smallest absolute Gasteiger partial charge is 0.321 e. The Morgan fingerprint density at radius 2 is 1.33 bits per heavy atom. The summed E-state index contributed by atoms with van der Waals surface area (Å²) >= 11 is 0. The second-order valence-corrected chi connectivity index (χ2v) is 8.87. The van der Waals surface area contributed by atoms with Crippen LogP contribution in [0, 0.1) is 0 Å². The maximum atomic E-state index is 13.5. The third-order valence-electron chi connectivity index (χ3n) is 7.17. The largest absolute Gasteiger partial charge is 0.461 e. The van der Waals surface area contributed by atoms with Gasteiger partial charge in [0.2, 0.25) is 0 Å². The molecule has 0 N–H and O–H groups in total. The Bertz CT molecular complexity index is 744. The molecule has 0 radical (unpaired) electrons. The minimum absolute atomic E-state index is 0.0351. The minimum atomic E-state index is -0.788. The van der Waals surface area contributed by atoms with Gasteiger partial charge in [0.25, 0.3) is 0 Å². The van der Waals surface area contributed by atoms with Crippen molar-refractivity contribution in [1.82, 2.24) is 0 Å². The van der Waals surface area contributed by atoms with Gasteiger partial charge < -0.3 is 9.22 Å². The van der Waals surface area contributed by atoms with E-state index in [2.05, 4.69) is 14.1 Å². The van der Waals surface area contributed by atoms with E-state index in [-0.39, 0.29) is 12.1 Å². The lowest BCUT2D eigenvalue weighted by molar-refractivity contribution is -0.931. The molecule has 27 heavy (non-hydrogen) atoms. The third-order valence-corrected chi connectivity index (χ3v) is 7.17. The highest BCUT2D eigenvalue weighted by Gasteiger charge is 2.51. The summed E-state index contributed by atoms with van der Waals surface area (Å²) in [6.45, 7) is 2.00. The Morgan fingerprint density at radius 1 is 0.889 bits per heavy atom. The average molecular weight is 365 g/mol. The summed E-state index contributed by atoms with van der Waals surface area (Å²) in [5, 5.41) is 0. The monoisotopic (exact) mass is 364 g/mol. The van der Waals surface area contributed by atoms with Gasteiger partial charge in [-0.3, -0.25) is 4.79 Å². The molecule has 2 unspecified atom stereocenters. The fraction of sp³-hybridized carbons (Fsp3) is 0.458. The fourth-order valence-electron chi connectivity index (χ4n) is 5.14. The first-order valence-electron chi connectivity index (χ1n) is 10.1. The quantitative estimate of drug-likeness (QED) is 0.597. The van der Waals surface area contributed by atoms with Crippen LogP contribution in [0.2, 0.25) is 0 Å². The first-order valence-corrected chi connectivity index (χ1v) is 10.1. The van der Waals surface area contributed by atoms with Crippen molar-refractivity contribution >= 4 is 5.97 Å². The Kier molecular flexibility index (Phi) is 4.59. The minimum Gasteiger partial charge on any atom is -0.461 e. The summed E-state index contributed by atoms with van der Waals surface area (Å²) in [6.07, 6.45) is 4.50. The van der Waals surface area contributed by atoms with Gasteiger partial charge in [0.1, 0.15) is 11.5 Å². The van der Waals surface area contributed by atoms with E-state index in [1.165, 1.54) is 12.8 Å². The molecule has 2 aliphatic rings. The zero-order chi connectivity index (χ0) is 19.1. The molecule has 4 rings (SSSR count). The molecule has 2 fully saturated rings. The summed E-state index contributed by atoms with van der Waals surface area (Å²) in [5.41, 5.74) is 1.18. The van der Waals surface area contributed by atoms with Gasteiger partial charge >= 0.3 is 5.97 Å². The number of carbonyl (C=O) groups excluding carboxylic acids is 1. The van der Waals surface area contributed by atoms with Gasteiger partial charge in [0, 0.05) is 25.7 Å². The molecular formula is C24H30NO2+. The number of ether oxygens (including phenoxy) is 1. The molecule has 2 aliphatic heterocycles. The summed E-state index contributed by atoms with van der Waals surface area (Å²) in [6, 6.07) is 21.3. The zero-order valence-electron chi connectivity index (χ0n) is 16.6. The zero-order valence-corrected chi connectivity index (χ0v) is 16.6. The van der Waals surface area contributed by atoms with Gasteiger partial charge in [0.05, 0.1) is 26.2 Å². The van der Waals surface area contributed by atoms with Crippen molar-refractivity contribution < 1.29 is 14.0 Å². The van der Waals surface area contributed by atoms with Crippen LogP contribution in [0.25, 0.3) is 0 Å². The lowest BCUT2D eigenvalue weighted by Gasteiger charge is -2.44. The van der Waals surface area contributed by atoms with E-state index in [0.717, 1.165) is 28.5 Å². The highest BCUT2D eigenvalue weighted by molar-refractivity contribution is 5.87. The van der Waals surface area contributed by atoms with E-state index in [1.54, 1.807) is 0 Å². The molecule has 0 aromatic heterocycles. The molecule has 2 bridgehead atoms. The van der Waals surface area contributed by atoms with E-state index in [0.29, 0.717) is 12.1 Å². The Labute approximate surface area is 162 Å². The summed E-state index contributed by atoms with van der Waals surface area (Å²) in [5.74, 6) is -0.128. The van der Waals surface area contributed by atoms with Crippen LogP contribution < -0.4 is 0 Å². The molecule has 2 aromatic rings. The Balaban J connectivity index is 1.61. The number of fused-ring (bicyclic) bond motifs is 2. The lowest BCUT2D eigenvalue weighted by atomic mass is 9.76. The molecule has 2 saturated heterocycles. The number of esters is 1. The number of carbonyl (C=O) groups is 1. The molecular weight excluding hydrogens is 334 g/mol. The molecule has 0 amide bonds. The van der Waals surface area contributed by atoms with E-state index >= 15 is 0 Å². The fourth-order valence-corrected chi connectivity index (χ4v) is 5.14. The summed E-state index contributed by atoms with van der Waals surface area (Å²) in [4.78, 5) is 13.5. The number of rotatable bonds is 4. The number of hydrogen-bond acceptors (Lipinski definition) is 2. The van der Waals surface area contributed by atoms with Gasteiger partial charge in [-0.1, -0.05) is 60.7 Å². The predicted octanol–water partition coefficient (Wildman–Crippen LogP) is 4.31. The maximum Gasteiger partial charge on any atom is 0.321 e. The second-order valence-electron chi connectivity index (χ2n) is 8.87. The lowest BCUT2D eigenvalue weighted by Crippen LogP contribution is -2.56. The molecule has 0 spiro atoms. The van der Waals surface area contributed by atoms with Crippen molar-refractivity contribution in [1.29, 1.82) is 0 Å². The van der Waals surface area contributed by atoms with Crippen LogP contribution in [0.5, 0.6) is 0 Å². The van der Waals surface area contributed by atoms with Crippen LogP contribution in [0.15, 0.2) is 60.7 Å². The van der Waals surface area contributed by atoms with E-state index in [4.69, 9.17) is 4.74 Å². The Hall–Kier alpha value is -2.13. The van der Waals surface area contributed by atoms with E-state index in [1.807, 2.05) is 67.6 Å². The topological polar surface area (TPSA) is 26.3 Å². The number of nitrogens with zero attached hydrogens (tertiary/aromatic N) is 1. The van der Waals surface area contributed by atoms with E-state index < -0.39 is 5.41 Å². The molecule has 3 nitrogen and oxygen atoms in total. The summed E-state index contributed by atoms with van der Waals surface area (Å²) < 4.78 is 7.28. The first-order chi connectivity index (χ1) is 12.9. The molecule has 0 aliphatic carbocycles. The molecule has 3 atom stereocenters. The van der Waals surface area contributed by atoms with Gasteiger partial charge in [-0.05, 0) is 18.1 Å². The highest BCUT2D eigenvalue weighted by atomic mass is 16.5. The molecule has 2 aromatic carbocycles. The van der Waals surface area contributed by atoms with Gasteiger partial charge in [0.15, 0.2) is 0 Å². The van der Waals surface area contributed by atoms with Crippen LogP contribution in [0.3, 0.4) is 0 Å². The SMILES string of the molecule is CC(C(=O)OC1CC2CC[C@H](C1)[N+]2(C)C)(c1ccccc1)c1ccccc1. The van der Waals surface area contributed by atoms with Gasteiger partial charge in [-0.25, -0.2) is 0 Å².